The molecule has 2 unspecified atom stereocenters. The first-order valence-electron chi connectivity index (χ1n) is 2.95. The van der Waals surface area contributed by atoms with E-state index in [4.69, 9.17) is 10.2 Å². The summed E-state index contributed by atoms with van der Waals surface area (Å²) < 4.78 is 0. The van der Waals surface area contributed by atoms with Gasteiger partial charge in [0.15, 0.2) is 0 Å². The molecule has 3 heteroatoms. The minimum atomic E-state index is -0.790. The van der Waals surface area contributed by atoms with E-state index >= 15 is 0 Å². The van der Waals surface area contributed by atoms with Gasteiger partial charge in [-0.3, -0.25) is 4.79 Å². The van der Waals surface area contributed by atoms with Crippen molar-refractivity contribution >= 4 is 5.97 Å². The van der Waals surface area contributed by atoms with Crippen molar-refractivity contribution in [3.63, 3.8) is 0 Å². The Labute approximate surface area is 53.3 Å². The molecule has 2 atom stereocenters. The number of carboxylic acid groups (broad SMARTS) is 1. The molecule has 0 aromatic carbocycles. The summed E-state index contributed by atoms with van der Waals surface area (Å²) in [5.41, 5.74) is -0.616. The van der Waals surface area contributed by atoms with Gasteiger partial charge >= 0.3 is 5.97 Å². The molecule has 0 radical (unpaired) electrons. The summed E-state index contributed by atoms with van der Waals surface area (Å²) in [6, 6.07) is 0. The van der Waals surface area contributed by atoms with Gasteiger partial charge in [0.05, 0.1) is 5.41 Å². The molecule has 0 heterocycles. The van der Waals surface area contributed by atoms with Crippen LogP contribution in [0.15, 0.2) is 0 Å². The Morgan fingerprint density at radius 2 is 2.44 bits per heavy atom. The van der Waals surface area contributed by atoms with Crippen LogP contribution in [0.5, 0.6) is 0 Å². The van der Waals surface area contributed by atoms with E-state index in [1.165, 1.54) is 0 Å². The highest BCUT2D eigenvalue weighted by Crippen LogP contribution is 2.51. The number of aliphatic carboxylic acids is 1. The molecule has 2 N–H and O–H groups in total. The lowest BCUT2D eigenvalue weighted by atomic mass is 10.1. The number of hydrogen-bond acceptors (Lipinski definition) is 2. The molecular formula is C6H10O3. The van der Waals surface area contributed by atoms with Crippen LogP contribution in [0, 0.1) is 11.3 Å². The lowest BCUT2D eigenvalue weighted by molar-refractivity contribution is -0.143. The Bertz CT molecular complexity index is 143. The minimum absolute atomic E-state index is 0.00278. The van der Waals surface area contributed by atoms with Crippen molar-refractivity contribution in [2.24, 2.45) is 11.3 Å². The maximum Gasteiger partial charge on any atom is 0.309 e. The topological polar surface area (TPSA) is 57.5 Å². The van der Waals surface area contributed by atoms with Crippen LogP contribution in [0.25, 0.3) is 0 Å². The number of carbonyl (C=O) groups is 1. The molecule has 1 fully saturated rings. The van der Waals surface area contributed by atoms with Gasteiger partial charge in [-0.25, -0.2) is 0 Å². The van der Waals surface area contributed by atoms with Crippen LogP contribution in [-0.2, 0) is 4.79 Å². The molecule has 52 valence electrons. The highest BCUT2D eigenvalue weighted by molar-refractivity contribution is 5.78. The van der Waals surface area contributed by atoms with Gasteiger partial charge in [0.1, 0.15) is 0 Å². The van der Waals surface area contributed by atoms with Gasteiger partial charge in [-0.15, -0.1) is 0 Å². The Hall–Kier alpha value is -0.570. The van der Waals surface area contributed by atoms with E-state index in [2.05, 4.69) is 0 Å². The van der Waals surface area contributed by atoms with E-state index in [1.54, 1.807) is 6.92 Å². The van der Waals surface area contributed by atoms with Crippen LogP contribution in [0.2, 0.25) is 0 Å². The van der Waals surface area contributed by atoms with Gasteiger partial charge in [-0.2, -0.15) is 0 Å². The molecule has 9 heavy (non-hydrogen) atoms. The predicted molar refractivity (Wildman–Crippen MR) is 30.9 cm³/mol. The van der Waals surface area contributed by atoms with E-state index in [-0.39, 0.29) is 12.5 Å². The van der Waals surface area contributed by atoms with Gasteiger partial charge in [0.2, 0.25) is 0 Å². The van der Waals surface area contributed by atoms with Crippen LogP contribution in [0.1, 0.15) is 13.3 Å². The second-order valence-corrected chi connectivity index (χ2v) is 2.81. The number of aliphatic hydroxyl groups excluding tert-OH is 1. The maximum atomic E-state index is 10.3. The lowest BCUT2D eigenvalue weighted by Gasteiger charge is -2.00. The average molecular weight is 130 g/mol. The monoisotopic (exact) mass is 130 g/mol. The molecule has 1 rings (SSSR count). The molecule has 0 bridgehead atoms. The normalized spacial score (nSPS) is 40.4. The SMILES string of the molecule is CC1(C(=O)O)CC1CO. The number of aliphatic hydroxyl groups is 1. The molecule has 1 aliphatic carbocycles. The highest BCUT2D eigenvalue weighted by atomic mass is 16.4. The molecule has 3 nitrogen and oxygen atoms in total. The molecule has 0 spiro atoms. The Morgan fingerprint density at radius 3 is 2.56 bits per heavy atom. The van der Waals surface area contributed by atoms with E-state index in [0.717, 1.165) is 0 Å². The summed E-state index contributed by atoms with van der Waals surface area (Å²) in [5.74, 6) is -0.795. The van der Waals surface area contributed by atoms with Crippen molar-refractivity contribution in [1.29, 1.82) is 0 Å². The van der Waals surface area contributed by atoms with Crippen LogP contribution in [0.3, 0.4) is 0 Å². The van der Waals surface area contributed by atoms with Gasteiger partial charge in [-0.1, -0.05) is 0 Å². The Kier molecular flexibility index (Phi) is 1.24. The molecular weight excluding hydrogens is 120 g/mol. The molecule has 0 aromatic heterocycles. The molecule has 1 saturated carbocycles. The van der Waals surface area contributed by atoms with Gasteiger partial charge < -0.3 is 10.2 Å². The van der Waals surface area contributed by atoms with Crippen molar-refractivity contribution in [2.75, 3.05) is 6.61 Å². The van der Waals surface area contributed by atoms with Crippen molar-refractivity contribution < 1.29 is 15.0 Å². The average Bonchev–Trinajstić information content (AvgIpc) is 2.44. The fourth-order valence-electron chi connectivity index (χ4n) is 0.981. The summed E-state index contributed by atoms with van der Waals surface area (Å²) >= 11 is 0. The Balaban J connectivity index is 2.52. The smallest absolute Gasteiger partial charge is 0.309 e. The van der Waals surface area contributed by atoms with E-state index in [0.29, 0.717) is 6.42 Å². The van der Waals surface area contributed by atoms with Gasteiger partial charge in [0.25, 0.3) is 0 Å². The quantitative estimate of drug-likeness (QED) is 0.557. The summed E-state index contributed by atoms with van der Waals surface area (Å²) in [5, 5.41) is 17.0. The van der Waals surface area contributed by atoms with Gasteiger partial charge in [-0.05, 0) is 19.3 Å². The Morgan fingerprint density at radius 1 is 1.89 bits per heavy atom. The predicted octanol–water partition coefficient (Wildman–Crippen LogP) is 0.0895. The summed E-state index contributed by atoms with van der Waals surface area (Å²) in [6.45, 7) is 1.67. The van der Waals surface area contributed by atoms with E-state index in [1.807, 2.05) is 0 Å². The summed E-state index contributed by atoms with van der Waals surface area (Å²) in [6.07, 6.45) is 0.624. The van der Waals surface area contributed by atoms with Crippen molar-refractivity contribution in [3.05, 3.63) is 0 Å². The highest BCUT2D eigenvalue weighted by Gasteiger charge is 2.55. The minimum Gasteiger partial charge on any atom is -0.481 e. The standard InChI is InChI=1S/C6H10O3/c1-6(5(8)9)2-4(6)3-7/h4,7H,2-3H2,1H3,(H,8,9). The van der Waals surface area contributed by atoms with Crippen molar-refractivity contribution in [3.8, 4) is 0 Å². The first kappa shape index (κ1) is 6.55. The fourth-order valence-corrected chi connectivity index (χ4v) is 0.981. The fraction of sp³-hybridized carbons (Fsp3) is 0.833. The first-order chi connectivity index (χ1) is 4.11. The van der Waals surface area contributed by atoms with E-state index in [9.17, 15) is 4.79 Å². The van der Waals surface area contributed by atoms with Crippen LogP contribution < -0.4 is 0 Å². The third-order valence-corrected chi connectivity index (χ3v) is 2.12. The van der Waals surface area contributed by atoms with Gasteiger partial charge in [0, 0.05) is 6.61 Å². The number of carboxylic acids is 1. The van der Waals surface area contributed by atoms with Crippen molar-refractivity contribution in [1.82, 2.24) is 0 Å². The van der Waals surface area contributed by atoms with Crippen LogP contribution >= 0.6 is 0 Å². The zero-order valence-electron chi connectivity index (χ0n) is 5.29. The maximum absolute atomic E-state index is 10.3. The van der Waals surface area contributed by atoms with Crippen molar-refractivity contribution in [2.45, 2.75) is 13.3 Å². The number of rotatable bonds is 2. The summed E-state index contributed by atoms with van der Waals surface area (Å²) in [7, 11) is 0. The molecule has 0 aromatic rings. The third-order valence-electron chi connectivity index (χ3n) is 2.12. The zero-order chi connectivity index (χ0) is 7.07. The number of hydrogen-bond donors (Lipinski definition) is 2. The third kappa shape index (κ3) is 0.812. The van der Waals surface area contributed by atoms with Crippen LogP contribution in [0.4, 0.5) is 0 Å². The zero-order valence-corrected chi connectivity index (χ0v) is 5.29. The van der Waals surface area contributed by atoms with E-state index < -0.39 is 11.4 Å². The lowest BCUT2D eigenvalue weighted by Crippen LogP contribution is -2.14. The largest absolute Gasteiger partial charge is 0.481 e. The molecule has 0 amide bonds. The molecule has 0 saturated heterocycles. The summed E-state index contributed by atoms with van der Waals surface area (Å²) in [4.78, 5) is 10.3. The second kappa shape index (κ2) is 1.70. The molecule has 1 aliphatic rings. The second-order valence-electron chi connectivity index (χ2n) is 2.81. The van der Waals surface area contributed by atoms with Crippen LogP contribution in [-0.4, -0.2) is 22.8 Å². The molecule has 0 aliphatic heterocycles. The first-order valence-corrected chi connectivity index (χ1v) is 2.95.